The summed E-state index contributed by atoms with van der Waals surface area (Å²) in [7, 11) is 0. The van der Waals surface area contributed by atoms with Gasteiger partial charge in [-0.2, -0.15) is 5.26 Å². The summed E-state index contributed by atoms with van der Waals surface area (Å²) in [5.74, 6) is -0.380. The van der Waals surface area contributed by atoms with Crippen LogP contribution in [0.5, 0.6) is 5.75 Å². The van der Waals surface area contributed by atoms with Gasteiger partial charge in [0.1, 0.15) is 5.54 Å². The zero-order valence-electron chi connectivity index (χ0n) is 15.5. The van der Waals surface area contributed by atoms with Crippen LogP contribution < -0.4 is 10.1 Å². The average Bonchev–Trinajstić information content (AvgIpc) is 3.18. The lowest BCUT2D eigenvalue weighted by Crippen LogP contribution is -2.49. The van der Waals surface area contributed by atoms with E-state index in [2.05, 4.69) is 21.6 Å². The first kappa shape index (κ1) is 20.1. The molecule has 0 saturated heterocycles. The van der Waals surface area contributed by atoms with E-state index in [0.717, 1.165) is 31.0 Å². The van der Waals surface area contributed by atoms with Gasteiger partial charge in [0.2, 0.25) is 5.91 Å². The van der Waals surface area contributed by atoms with Crippen LogP contribution in [0.4, 0.5) is 4.39 Å². The Morgan fingerprint density at radius 2 is 2.14 bits per heavy atom. The number of para-hydroxylation sites is 1. The highest BCUT2D eigenvalue weighted by Crippen LogP contribution is 2.28. The van der Waals surface area contributed by atoms with E-state index < -0.39 is 17.5 Å². The van der Waals surface area contributed by atoms with Crippen molar-refractivity contribution < 1.29 is 18.3 Å². The van der Waals surface area contributed by atoms with Gasteiger partial charge in [-0.3, -0.25) is 4.79 Å². The Morgan fingerprint density at radius 1 is 1.39 bits per heavy atom. The molecule has 0 unspecified atom stereocenters. The number of nitrogens with zero attached hydrogens (tertiary/aromatic N) is 3. The molecule has 0 spiro atoms. The molecule has 1 fully saturated rings. The Kier molecular flexibility index (Phi) is 6.52. The lowest BCUT2D eigenvalue weighted by Gasteiger charge is -2.31. The van der Waals surface area contributed by atoms with Gasteiger partial charge in [-0.15, -0.1) is 10.2 Å². The van der Waals surface area contributed by atoms with Crippen LogP contribution in [0.25, 0.3) is 0 Å². The highest BCUT2D eigenvalue weighted by molar-refractivity contribution is 7.99. The van der Waals surface area contributed by atoms with Crippen molar-refractivity contribution >= 4 is 17.7 Å². The average molecular weight is 404 g/mol. The maximum atomic E-state index is 13.7. The Balaban J connectivity index is 1.52. The first-order valence-electron chi connectivity index (χ1n) is 9.11. The predicted molar refractivity (Wildman–Crippen MR) is 100 cm³/mol. The molecule has 1 amide bonds. The monoisotopic (exact) mass is 404 g/mol. The summed E-state index contributed by atoms with van der Waals surface area (Å²) in [6.07, 6.45) is 3.68. The largest absolute Gasteiger partial charge is 0.478 e. The fourth-order valence-corrected chi connectivity index (χ4v) is 3.64. The lowest BCUT2D eigenvalue weighted by molar-refractivity contribution is -0.120. The molecule has 7 nitrogen and oxygen atoms in total. The van der Waals surface area contributed by atoms with Gasteiger partial charge in [-0.25, -0.2) is 4.39 Å². The van der Waals surface area contributed by atoms with E-state index in [1.54, 1.807) is 19.1 Å². The lowest BCUT2D eigenvalue weighted by atomic mass is 9.83. The van der Waals surface area contributed by atoms with Crippen LogP contribution in [0.15, 0.2) is 33.9 Å². The zero-order valence-corrected chi connectivity index (χ0v) is 16.3. The molecule has 1 heterocycles. The molecule has 1 atom stereocenters. The van der Waals surface area contributed by atoms with Gasteiger partial charge < -0.3 is 14.5 Å². The molecule has 28 heavy (non-hydrogen) atoms. The van der Waals surface area contributed by atoms with Crippen LogP contribution in [-0.4, -0.2) is 27.4 Å². The first-order valence-corrected chi connectivity index (χ1v) is 10.1. The molecular formula is C19H21FN4O3S. The summed E-state index contributed by atoms with van der Waals surface area (Å²) in [4.78, 5) is 12.2. The van der Waals surface area contributed by atoms with Gasteiger partial charge in [-0.1, -0.05) is 43.2 Å². The molecule has 3 rings (SSSR count). The molecule has 9 heteroatoms. The molecule has 0 radical (unpaired) electrons. The fraction of sp³-hybridized carbons (Fsp3) is 0.474. The number of carbonyl (C=O) groups excluding carboxylic acids is 1. The van der Waals surface area contributed by atoms with Crippen LogP contribution in [0.1, 0.15) is 51.0 Å². The van der Waals surface area contributed by atoms with Gasteiger partial charge in [0.15, 0.2) is 17.7 Å². The highest BCUT2D eigenvalue weighted by Gasteiger charge is 2.33. The zero-order chi connectivity index (χ0) is 20.0. The number of rotatable bonds is 7. The summed E-state index contributed by atoms with van der Waals surface area (Å²) in [6.45, 7) is 1.67. The summed E-state index contributed by atoms with van der Waals surface area (Å²) < 4.78 is 24.7. The molecule has 1 aliphatic rings. The van der Waals surface area contributed by atoms with Crippen LogP contribution in [0.2, 0.25) is 0 Å². The maximum absolute atomic E-state index is 13.7. The van der Waals surface area contributed by atoms with Crippen molar-refractivity contribution in [3.8, 4) is 11.8 Å². The van der Waals surface area contributed by atoms with Gasteiger partial charge in [-0.05, 0) is 31.9 Å². The Hall–Kier alpha value is -2.60. The normalized spacial score (nSPS) is 16.8. The summed E-state index contributed by atoms with van der Waals surface area (Å²) in [6, 6.07) is 8.31. The molecule has 1 N–H and O–H groups in total. The molecule has 1 aliphatic carbocycles. The second kappa shape index (κ2) is 9.06. The van der Waals surface area contributed by atoms with Crippen molar-refractivity contribution in [1.82, 2.24) is 15.5 Å². The van der Waals surface area contributed by atoms with Crippen molar-refractivity contribution in [2.75, 3.05) is 5.75 Å². The van der Waals surface area contributed by atoms with Crippen molar-refractivity contribution in [1.29, 1.82) is 5.26 Å². The highest BCUT2D eigenvalue weighted by atomic mass is 32.2. The van der Waals surface area contributed by atoms with Crippen LogP contribution in [-0.2, 0) is 4.79 Å². The van der Waals surface area contributed by atoms with Gasteiger partial charge in [0.05, 0.1) is 11.8 Å². The number of nitrogens with one attached hydrogen (secondary N) is 1. The second-order valence-electron chi connectivity index (χ2n) is 6.69. The number of nitriles is 1. The summed E-state index contributed by atoms with van der Waals surface area (Å²) in [5, 5.41) is 20.3. The van der Waals surface area contributed by atoms with Crippen LogP contribution in [0.3, 0.4) is 0 Å². The molecular weight excluding hydrogens is 383 g/mol. The number of ether oxygens (including phenoxy) is 1. The number of aromatic nitrogens is 2. The van der Waals surface area contributed by atoms with Crippen LogP contribution >= 0.6 is 11.8 Å². The molecule has 0 aliphatic heterocycles. The van der Waals surface area contributed by atoms with E-state index in [0.29, 0.717) is 12.8 Å². The Bertz CT molecular complexity index is 861. The number of carbonyl (C=O) groups is 1. The van der Waals surface area contributed by atoms with Crippen molar-refractivity contribution in [3.05, 3.63) is 36.0 Å². The quantitative estimate of drug-likeness (QED) is 0.701. The van der Waals surface area contributed by atoms with E-state index in [1.807, 2.05) is 0 Å². The minimum absolute atomic E-state index is 0.0631. The maximum Gasteiger partial charge on any atom is 0.277 e. The standard InChI is InChI=1S/C19H21FN4O3S/c1-13(26-15-8-4-3-7-14(15)20)17-23-24-18(27-17)28-11-16(25)22-19(12-21)9-5-2-6-10-19/h3-4,7-8,13H,2,5-6,9-11H2,1H3,(H,22,25)/t13-/m1/s1. The predicted octanol–water partition coefficient (Wildman–Crippen LogP) is 3.78. The molecule has 2 aromatic rings. The van der Waals surface area contributed by atoms with Gasteiger partial charge in [0, 0.05) is 0 Å². The minimum Gasteiger partial charge on any atom is -0.478 e. The Labute approximate surface area is 166 Å². The number of halogens is 1. The third-order valence-corrected chi connectivity index (χ3v) is 5.36. The molecule has 1 aromatic heterocycles. The van der Waals surface area contributed by atoms with Crippen molar-refractivity contribution in [2.24, 2.45) is 0 Å². The molecule has 148 valence electrons. The van der Waals surface area contributed by atoms with Crippen molar-refractivity contribution in [3.63, 3.8) is 0 Å². The smallest absolute Gasteiger partial charge is 0.277 e. The fourth-order valence-electron chi connectivity index (χ4n) is 3.07. The van der Waals surface area contributed by atoms with Crippen LogP contribution in [0, 0.1) is 17.1 Å². The molecule has 1 aromatic carbocycles. The third-order valence-electron chi connectivity index (χ3n) is 4.54. The minimum atomic E-state index is -0.766. The van der Waals surface area contributed by atoms with Crippen molar-refractivity contribution in [2.45, 2.75) is 55.9 Å². The number of amides is 1. The summed E-state index contributed by atoms with van der Waals surface area (Å²) in [5.41, 5.74) is -0.766. The van der Waals surface area contributed by atoms with E-state index in [1.165, 1.54) is 12.1 Å². The van der Waals surface area contributed by atoms with Gasteiger partial charge in [0.25, 0.3) is 11.1 Å². The topological polar surface area (TPSA) is 101 Å². The molecule has 0 bridgehead atoms. The number of hydrogen-bond donors (Lipinski definition) is 1. The number of hydrogen-bond acceptors (Lipinski definition) is 7. The number of thioether (sulfide) groups is 1. The van der Waals surface area contributed by atoms with Gasteiger partial charge >= 0.3 is 0 Å². The van der Waals surface area contributed by atoms with E-state index >= 15 is 0 Å². The molecule has 1 saturated carbocycles. The summed E-state index contributed by atoms with van der Waals surface area (Å²) >= 11 is 1.08. The Morgan fingerprint density at radius 3 is 2.86 bits per heavy atom. The number of benzene rings is 1. The SMILES string of the molecule is C[C@@H](Oc1ccccc1F)c1nnc(SCC(=O)NC2(C#N)CCCCC2)o1. The van der Waals surface area contributed by atoms with E-state index in [-0.39, 0.29) is 28.5 Å². The third kappa shape index (κ3) is 5.01. The first-order chi connectivity index (χ1) is 13.5. The van der Waals surface area contributed by atoms with E-state index in [4.69, 9.17) is 9.15 Å². The van der Waals surface area contributed by atoms with E-state index in [9.17, 15) is 14.4 Å². The second-order valence-corrected chi connectivity index (χ2v) is 7.61.